The molecule has 0 aliphatic carbocycles. The minimum Gasteiger partial charge on any atom is -0.494 e. The monoisotopic (exact) mass is 229 g/mol. The molecule has 0 radical (unpaired) electrons. The van der Waals surface area contributed by atoms with Gasteiger partial charge in [0.2, 0.25) is 0 Å². The summed E-state index contributed by atoms with van der Waals surface area (Å²) in [5.41, 5.74) is 3.86. The average molecular weight is 229 g/mol. The zero-order chi connectivity index (χ0) is 12.4. The molecule has 0 aromatic carbocycles. The lowest BCUT2D eigenvalue weighted by Crippen LogP contribution is -1.94. The van der Waals surface area contributed by atoms with Crippen molar-refractivity contribution in [2.24, 2.45) is 0 Å². The van der Waals surface area contributed by atoms with E-state index in [0.29, 0.717) is 11.3 Å². The standard InChI is InChI=1S/C13H15N3O/c1-4-10-11(5-2)15-16-8-13(17-3)9(7-14)6-12(10)16/h6,8H,4-5H2,1-3H3. The Kier molecular flexibility index (Phi) is 3.01. The highest BCUT2D eigenvalue weighted by atomic mass is 16.5. The number of ether oxygens (including phenoxy) is 1. The van der Waals surface area contributed by atoms with Crippen LogP contribution in [0.4, 0.5) is 0 Å². The summed E-state index contributed by atoms with van der Waals surface area (Å²) in [5, 5.41) is 13.6. The molecule has 88 valence electrons. The quantitative estimate of drug-likeness (QED) is 0.811. The van der Waals surface area contributed by atoms with E-state index in [1.165, 1.54) is 5.56 Å². The van der Waals surface area contributed by atoms with Crippen LogP contribution in [-0.2, 0) is 12.8 Å². The normalized spacial score (nSPS) is 10.5. The highest BCUT2D eigenvalue weighted by Gasteiger charge is 2.13. The SMILES string of the molecule is CCc1nn2cc(OC)c(C#N)cc2c1CC. The van der Waals surface area contributed by atoms with Crippen LogP contribution in [0.1, 0.15) is 30.7 Å². The lowest BCUT2D eigenvalue weighted by atomic mass is 10.1. The largest absolute Gasteiger partial charge is 0.494 e. The summed E-state index contributed by atoms with van der Waals surface area (Å²) in [5.74, 6) is 0.563. The number of aromatic nitrogens is 2. The predicted octanol–water partition coefficient (Wildman–Crippen LogP) is 2.34. The molecule has 4 heteroatoms. The molecule has 17 heavy (non-hydrogen) atoms. The molecule has 0 unspecified atom stereocenters. The van der Waals surface area contributed by atoms with Crippen LogP contribution < -0.4 is 4.74 Å². The van der Waals surface area contributed by atoms with Gasteiger partial charge in [0.25, 0.3) is 0 Å². The fraction of sp³-hybridized carbons (Fsp3) is 0.385. The summed E-state index contributed by atoms with van der Waals surface area (Å²) in [6, 6.07) is 4.00. The third kappa shape index (κ3) is 1.74. The van der Waals surface area contributed by atoms with Crippen LogP contribution in [0.5, 0.6) is 5.75 Å². The molecule has 2 heterocycles. The summed E-state index contributed by atoms with van der Waals surface area (Å²) in [7, 11) is 1.56. The van der Waals surface area contributed by atoms with Crippen LogP contribution >= 0.6 is 0 Å². The maximum atomic E-state index is 9.08. The van der Waals surface area contributed by atoms with Gasteiger partial charge in [-0.15, -0.1) is 0 Å². The maximum Gasteiger partial charge on any atom is 0.154 e. The first-order valence-electron chi connectivity index (χ1n) is 5.73. The number of pyridine rings is 1. The second kappa shape index (κ2) is 4.46. The Morgan fingerprint density at radius 3 is 2.71 bits per heavy atom. The van der Waals surface area contributed by atoms with E-state index in [-0.39, 0.29) is 0 Å². The van der Waals surface area contributed by atoms with Crippen LogP contribution in [0.25, 0.3) is 5.52 Å². The number of nitrogens with zero attached hydrogens (tertiary/aromatic N) is 3. The van der Waals surface area contributed by atoms with Crippen LogP contribution in [0.15, 0.2) is 12.3 Å². The van der Waals surface area contributed by atoms with Crippen LogP contribution in [0.2, 0.25) is 0 Å². The third-order valence-electron chi connectivity index (χ3n) is 2.95. The average Bonchev–Trinajstić information content (AvgIpc) is 2.73. The zero-order valence-corrected chi connectivity index (χ0v) is 10.3. The number of hydrogen-bond donors (Lipinski definition) is 0. The number of hydrogen-bond acceptors (Lipinski definition) is 3. The van der Waals surface area contributed by atoms with Crippen molar-refractivity contribution < 1.29 is 4.74 Å². The Hall–Kier alpha value is -2.02. The van der Waals surface area contributed by atoms with Crippen molar-refractivity contribution in [3.8, 4) is 11.8 Å². The van der Waals surface area contributed by atoms with Gasteiger partial charge in [0.1, 0.15) is 6.07 Å². The second-order valence-electron chi connectivity index (χ2n) is 3.83. The van der Waals surface area contributed by atoms with Crippen molar-refractivity contribution in [3.63, 3.8) is 0 Å². The van der Waals surface area contributed by atoms with Crippen molar-refractivity contribution in [3.05, 3.63) is 29.1 Å². The van der Waals surface area contributed by atoms with Gasteiger partial charge in [-0.05, 0) is 18.9 Å². The highest BCUT2D eigenvalue weighted by Crippen LogP contribution is 2.24. The molecule has 0 aliphatic heterocycles. The Bertz CT molecular complexity index is 593. The molecule has 0 fully saturated rings. The van der Waals surface area contributed by atoms with Gasteiger partial charge in [0.15, 0.2) is 5.75 Å². The first-order chi connectivity index (χ1) is 8.24. The van der Waals surface area contributed by atoms with E-state index >= 15 is 0 Å². The van der Waals surface area contributed by atoms with Crippen molar-refractivity contribution in [2.75, 3.05) is 7.11 Å². The summed E-state index contributed by atoms with van der Waals surface area (Å²) >= 11 is 0. The number of fused-ring (bicyclic) bond motifs is 1. The van der Waals surface area contributed by atoms with Crippen molar-refractivity contribution >= 4 is 5.52 Å². The van der Waals surface area contributed by atoms with Crippen molar-refractivity contribution in [1.29, 1.82) is 5.26 Å². The molecule has 2 aromatic heterocycles. The topological polar surface area (TPSA) is 50.3 Å². The van der Waals surface area contributed by atoms with E-state index in [1.54, 1.807) is 17.8 Å². The van der Waals surface area contributed by atoms with Crippen LogP contribution in [-0.4, -0.2) is 16.7 Å². The fourth-order valence-electron chi connectivity index (χ4n) is 2.09. The summed E-state index contributed by atoms with van der Waals surface area (Å²) < 4.78 is 6.98. The van der Waals surface area contributed by atoms with E-state index in [2.05, 4.69) is 25.0 Å². The molecular weight excluding hydrogens is 214 g/mol. The van der Waals surface area contributed by atoms with E-state index in [1.807, 2.05) is 6.07 Å². The lowest BCUT2D eigenvalue weighted by Gasteiger charge is -2.03. The first-order valence-corrected chi connectivity index (χ1v) is 5.73. The van der Waals surface area contributed by atoms with E-state index in [4.69, 9.17) is 10.00 Å². The molecule has 2 rings (SSSR count). The lowest BCUT2D eigenvalue weighted by molar-refractivity contribution is 0.410. The van der Waals surface area contributed by atoms with Crippen molar-refractivity contribution in [1.82, 2.24) is 9.61 Å². The summed E-state index contributed by atoms with van der Waals surface area (Å²) in [6.07, 6.45) is 3.59. The Morgan fingerprint density at radius 2 is 2.18 bits per heavy atom. The molecule has 4 nitrogen and oxygen atoms in total. The molecule has 0 bridgehead atoms. The summed E-state index contributed by atoms with van der Waals surface area (Å²) in [6.45, 7) is 4.19. The van der Waals surface area contributed by atoms with Gasteiger partial charge in [-0.2, -0.15) is 10.4 Å². The Labute approximate surface area is 100 Å². The minimum absolute atomic E-state index is 0.553. The van der Waals surface area contributed by atoms with Gasteiger partial charge < -0.3 is 4.74 Å². The van der Waals surface area contributed by atoms with Gasteiger partial charge in [0.05, 0.1) is 30.1 Å². The molecular formula is C13H15N3O. The van der Waals surface area contributed by atoms with E-state index in [9.17, 15) is 0 Å². The van der Waals surface area contributed by atoms with Gasteiger partial charge >= 0.3 is 0 Å². The third-order valence-corrected chi connectivity index (χ3v) is 2.95. The van der Waals surface area contributed by atoms with Gasteiger partial charge in [-0.3, -0.25) is 0 Å². The Morgan fingerprint density at radius 1 is 1.41 bits per heavy atom. The molecule has 0 N–H and O–H groups in total. The Balaban J connectivity index is 2.77. The molecule has 0 amide bonds. The van der Waals surface area contributed by atoms with Gasteiger partial charge in [-0.25, -0.2) is 4.52 Å². The minimum atomic E-state index is 0.553. The number of nitriles is 1. The van der Waals surface area contributed by atoms with E-state index < -0.39 is 0 Å². The highest BCUT2D eigenvalue weighted by molar-refractivity contribution is 5.62. The molecule has 0 aliphatic rings. The second-order valence-corrected chi connectivity index (χ2v) is 3.83. The molecule has 0 saturated heterocycles. The zero-order valence-electron chi connectivity index (χ0n) is 10.3. The molecule has 0 spiro atoms. The molecule has 2 aromatic rings. The molecule has 0 saturated carbocycles. The maximum absolute atomic E-state index is 9.08. The van der Waals surface area contributed by atoms with Gasteiger partial charge in [-0.1, -0.05) is 13.8 Å². The van der Waals surface area contributed by atoms with Crippen molar-refractivity contribution in [2.45, 2.75) is 26.7 Å². The number of aryl methyl sites for hydroxylation is 2. The molecule has 0 atom stereocenters. The number of rotatable bonds is 3. The van der Waals surface area contributed by atoms with Crippen LogP contribution in [0.3, 0.4) is 0 Å². The smallest absolute Gasteiger partial charge is 0.154 e. The van der Waals surface area contributed by atoms with Crippen LogP contribution in [0, 0.1) is 11.3 Å². The predicted molar refractivity (Wildman–Crippen MR) is 65.2 cm³/mol. The van der Waals surface area contributed by atoms with E-state index in [0.717, 1.165) is 24.1 Å². The number of methoxy groups -OCH3 is 1. The van der Waals surface area contributed by atoms with Gasteiger partial charge in [0, 0.05) is 5.56 Å². The fourth-order valence-corrected chi connectivity index (χ4v) is 2.09. The first kappa shape index (κ1) is 11.5. The summed E-state index contributed by atoms with van der Waals surface area (Å²) in [4.78, 5) is 0.